The molecule has 0 fully saturated rings. The van der Waals surface area contributed by atoms with Crippen LogP contribution in [0.4, 0.5) is 5.69 Å². The third-order valence-electron chi connectivity index (χ3n) is 3.91. The smallest absolute Gasteiger partial charge is 0.224 e. The van der Waals surface area contributed by atoms with Crippen LogP contribution in [-0.4, -0.2) is 31.1 Å². The van der Waals surface area contributed by atoms with Gasteiger partial charge in [0.1, 0.15) is 0 Å². The number of benzene rings is 1. The molecule has 3 rings (SSSR count). The standard InChI is InChI=1S/C18H20N6O/c1-13-9-10-16(12-17(13)24-14(2)21-22-23-24)20-18(25)8-5-7-15-6-3-4-11-19-15/h3-4,6,9-12H,5,7-8H2,1-2H3,(H,20,25). The SMILES string of the molecule is Cc1ccc(NC(=O)CCCc2ccccn2)cc1-n1nnnc1C. The topological polar surface area (TPSA) is 85.6 Å². The van der Waals surface area contributed by atoms with Crippen LogP contribution in [0.5, 0.6) is 0 Å². The molecule has 7 nitrogen and oxygen atoms in total. The lowest BCUT2D eigenvalue weighted by Gasteiger charge is -2.10. The minimum atomic E-state index is -0.0147. The first-order chi connectivity index (χ1) is 12.1. The lowest BCUT2D eigenvalue weighted by molar-refractivity contribution is -0.116. The fraction of sp³-hybridized carbons (Fsp3) is 0.278. The van der Waals surface area contributed by atoms with Crippen LogP contribution < -0.4 is 5.32 Å². The number of hydrogen-bond acceptors (Lipinski definition) is 5. The number of rotatable bonds is 6. The molecule has 1 N–H and O–H groups in total. The van der Waals surface area contributed by atoms with Gasteiger partial charge in [0.15, 0.2) is 5.82 Å². The van der Waals surface area contributed by atoms with Crippen molar-refractivity contribution in [3.8, 4) is 5.69 Å². The van der Waals surface area contributed by atoms with Crippen molar-refractivity contribution in [2.75, 3.05) is 5.32 Å². The van der Waals surface area contributed by atoms with E-state index in [0.29, 0.717) is 12.2 Å². The first kappa shape index (κ1) is 16.8. The molecule has 0 aliphatic heterocycles. The first-order valence-electron chi connectivity index (χ1n) is 8.19. The van der Waals surface area contributed by atoms with Crippen molar-refractivity contribution in [2.24, 2.45) is 0 Å². The summed E-state index contributed by atoms with van der Waals surface area (Å²) in [6, 6.07) is 11.5. The van der Waals surface area contributed by atoms with Crippen molar-refractivity contribution < 1.29 is 4.79 Å². The Morgan fingerprint density at radius 1 is 1.20 bits per heavy atom. The van der Waals surface area contributed by atoms with Crippen LogP contribution in [0, 0.1) is 13.8 Å². The molecule has 0 aliphatic rings. The lowest BCUT2D eigenvalue weighted by atomic mass is 10.1. The molecule has 128 valence electrons. The van der Waals surface area contributed by atoms with Crippen LogP contribution in [0.1, 0.15) is 29.9 Å². The maximum Gasteiger partial charge on any atom is 0.224 e. The van der Waals surface area contributed by atoms with Gasteiger partial charge in [-0.15, -0.1) is 5.10 Å². The highest BCUT2D eigenvalue weighted by atomic mass is 16.1. The number of aryl methyl sites for hydroxylation is 3. The second kappa shape index (κ2) is 7.65. The summed E-state index contributed by atoms with van der Waals surface area (Å²) in [7, 11) is 0. The largest absolute Gasteiger partial charge is 0.326 e. The predicted octanol–water partition coefficient (Wildman–Crippen LogP) is 2.64. The molecule has 0 aliphatic carbocycles. The third-order valence-corrected chi connectivity index (χ3v) is 3.91. The summed E-state index contributed by atoms with van der Waals surface area (Å²) >= 11 is 0. The minimum absolute atomic E-state index is 0.0147. The second-order valence-corrected chi connectivity index (χ2v) is 5.86. The number of pyridine rings is 1. The van der Waals surface area contributed by atoms with E-state index in [-0.39, 0.29) is 5.91 Å². The fourth-order valence-electron chi connectivity index (χ4n) is 2.57. The molecular weight excluding hydrogens is 316 g/mol. The number of carbonyl (C=O) groups excluding carboxylic acids is 1. The van der Waals surface area contributed by atoms with Crippen molar-refractivity contribution in [1.29, 1.82) is 0 Å². The van der Waals surface area contributed by atoms with Crippen LogP contribution in [0.3, 0.4) is 0 Å². The van der Waals surface area contributed by atoms with Gasteiger partial charge in [-0.1, -0.05) is 12.1 Å². The molecule has 7 heteroatoms. The van der Waals surface area contributed by atoms with E-state index in [9.17, 15) is 4.79 Å². The number of anilines is 1. The van der Waals surface area contributed by atoms with E-state index in [1.54, 1.807) is 10.9 Å². The van der Waals surface area contributed by atoms with E-state index in [2.05, 4.69) is 25.8 Å². The summed E-state index contributed by atoms with van der Waals surface area (Å²) in [4.78, 5) is 16.4. The molecule has 2 aromatic heterocycles. The highest BCUT2D eigenvalue weighted by molar-refractivity contribution is 5.91. The number of aromatic nitrogens is 5. The highest BCUT2D eigenvalue weighted by Crippen LogP contribution is 2.19. The molecule has 0 unspecified atom stereocenters. The zero-order chi connectivity index (χ0) is 17.6. The van der Waals surface area contributed by atoms with Gasteiger partial charge in [0.2, 0.25) is 5.91 Å². The van der Waals surface area contributed by atoms with E-state index in [1.165, 1.54) is 0 Å². The molecule has 0 radical (unpaired) electrons. The summed E-state index contributed by atoms with van der Waals surface area (Å²) < 4.78 is 1.66. The summed E-state index contributed by atoms with van der Waals surface area (Å²) in [6.07, 6.45) is 3.76. The van der Waals surface area contributed by atoms with Gasteiger partial charge in [-0.3, -0.25) is 9.78 Å². The van der Waals surface area contributed by atoms with E-state index >= 15 is 0 Å². The number of carbonyl (C=O) groups is 1. The Morgan fingerprint density at radius 2 is 2.08 bits per heavy atom. The molecule has 0 atom stereocenters. The number of nitrogens with one attached hydrogen (secondary N) is 1. The molecule has 0 saturated carbocycles. The Bertz CT molecular complexity index is 859. The molecule has 2 heterocycles. The zero-order valence-corrected chi connectivity index (χ0v) is 14.3. The lowest BCUT2D eigenvalue weighted by Crippen LogP contribution is -2.12. The average Bonchev–Trinajstić information content (AvgIpc) is 3.03. The highest BCUT2D eigenvalue weighted by Gasteiger charge is 2.09. The van der Waals surface area contributed by atoms with Crippen molar-refractivity contribution >= 4 is 11.6 Å². The summed E-state index contributed by atoms with van der Waals surface area (Å²) in [5, 5.41) is 14.5. The van der Waals surface area contributed by atoms with Crippen LogP contribution in [0.15, 0.2) is 42.6 Å². The molecule has 0 spiro atoms. The Morgan fingerprint density at radius 3 is 2.80 bits per heavy atom. The molecule has 0 saturated heterocycles. The van der Waals surface area contributed by atoms with Crippen molar-refractivity contribution in [3.63, 3.8) is 0 Å². The normalized spacial score (nSPS) is 10.6. The fourth-order valence-corrected chi connectivity index (χ4v) is 2.57. The van der Waals surface area contributed by atoms with Gasteiger partial charge in [0, 0.05) is 24.0 Å². The van der Waals surface area contributed by atoms with Gasteiger partial charge in [-0.05, 0) is 66.9 Å². The maximum atomic E-state index is 12.2. The van der Waals surface area contributed by atoms with Gasteiger partial charge >= 0.3 is 0 Å². The Hall–Kier alpha value is -3.09. The molecule has 0 bridgehead atoms. The van der Waals surface area contributed by atoms with Crippen LogP contribution in [0.25, 0.3) is 5.69 Å². The third kappa shape index (κ3) is 4.26. The van der Waals surface area contributed by atoms with Crippen molar-refractivity contribution in [1.82, 2.24) is 25.2 Å². The monoisotopic (exact) mass is 336 g/mol. The van der Waals surface area contributed by atoms with Gasteiger partial charge in [0.25, 0.3) is 0 Å². The average molecular weight is 336 g/mol. The van der Waals surface area contributed by atoms with Gasteiger partial charge < -0.3 is 5.32 Å². The zero-order valence-electron chi connectivity index (χ0n) is 14.3. The Kier molecular flexibility index (Phi) is 5.13. The number of hydrogen-bond donors (Lipinski definition) is 1. The van der Waals surface area contributed by atoms with Gasteiger partial charge in [-0.2, -0.15) is 4.68 Å². The van der Waals surface area contributed by atoms with Crippen molar-refractivity contribution in [2.45, 2.75) is 33.1 Å². The Balaban J connectivity index is 1.61. The van der Waals surface area contributed by atoms with Crippen LogP contribution in [-0.2, 0) is 11.2 Å². The molecule has 1 amide bonds. The minimum Gasteiger partial charge on any atom is -0.326 e. The van der Waals surface area contributed by atoms with Crippen molar-refractivity contribution in [3.05, 3.63) is 59.7 Å². The summed E-state index contributed by atoms with van der Waals surface area (Å²) in [5.41, 5.74) is 3.62. The van der Waals surface area contributed by atoms with Crippen LogP contribution >= 0.6 is 0 Å². The summed E-state index contributed by atoms with van der Waals surface area (Å²) in [5.74, 6) is 0.682. The van der Waals surface area contributed by atoms with E-state index in [1.807, 2.05) is 50.2 Å². The van der Waals surface area contributed by atoms with E-state index in [4.69, 9.17) is 0 Å². The summed E-state index contributed by atoms with van der Waals surface area (Å²) in [6.45, 7) is 3.82. The van der Waals surface area contributed by atoms with Crippen LogP contribution in [0.2, 0.25) is 0 Å². The molecule has 3 aromatic rings. The second-order valence-electron chi connectivity index (χ2n) is 5.86. The molecule has 25 heavy (non-hydrogen) atoms. The van der Waals surface area contributed by atoms with Gasteiger partial charge in [-0.25, -0.2) is 0 Å². The quantitative estimate of drug-likeness (QED) is 0.748. The molecule has 1 aromatic carbocycles. The number of nitrogens with zero attached hydrogens (tertiary/aromatic N) is 5. The van der Waals surface area contributed by atoms with E-state index < -0.39 is 0 Å². The first-order valence-corrected chi connectivity index (χ1v) is 8.19. The van der Waals surface area contributed by atoms with E-state index in [0.717, 1.165) is 35.5 Å². The van der Waals surface area contributed by atoms with Gasteiger partial charge in [0.05, 0.1) is 5.69 Å². The molecular formula is C18H20N6O. The Labute approximate surface area is 146 Å². The number of tetrazole rings is 1. The maximum absolute atomic E-state index is 12.2. The number of amides is 1. The predicted molar refractivity (Wildman–Crippen MR) is 94.4 cm³/mol.